The second kappa shape index (κ2) is 6.84. The van der Waals surface area contributed by atoms with Crippen LogP contribution in [0.4, 0.5) is 6.01 Å². The van der Waals surface area contributed by atoms with Gasteiger partial charge in [0.15, 0.2) is 5.58 Å². The van der Waals surface area contributed by atoms with Crippen molar-refractivity contribution in [1.29, 1.82) is 0 Å². The van der Waals surface area contributed by atoms with Crippen LogP contribution >= 0.6 is 0 Å². The third-order valence-corrected chi connectivity index (χ3v) is 5.89. The zero-order valence-corrected chi connectivity index (χ0v) is 16.7. The van der Waals surface area contributed by atoms with Crippen molar-refractivity contribution in [2.75, 3.05) is 44.3 Å². The van der Waals surface area contributed by atoms with Gasteiger partial charge in [0, 0.05) is 42.9 Å². The molecule has 4 heterocycles. The molecule has 2 saturated heterocycles. The van der Waals surface area contributed by atoms with Crippen molar-refractivity contribution in [3.05, 3.63) is 53.2 Å². The maximum Gasteiger partial charge on any atom is 0.300 e. The summed E-state index contributed by atoms with van der Waals surface area (Å²) in [7, 11) is 0. The van der Waals surface area contributed by atoms with Crippen molar-refractivity contribution < 1.29 is 13.9 Å². The molecule has 7 heteroatoms. The van der Waals surface area contributed by atoms with Crippen molar-refractivity contribution in [3.8, 4) is 0 Å². The quantitative estimate of drug-likeness (QED) is 0.683. The van der Waals surface area contributed by atoms with Gasteiger partial charge in [-0.15, -0.1) is 0 Å². The number of aryl methyl sites for hydroxylation is 1. The topological polar surface area (TPSA) is 71.7 Å². The number of carbonyl (C=O) groups excluding carboxylic acids is 1. The predicted octanol–water partition coefficient (Wildman–Crippen LogP) is 2.78. The molecule has 0 saturated carbocycles. The van der Waals surface area contributed by atoms with Gasteiger partial charge in [-0.2, -0.15) is 4.98 Å². The molecule has 1 amide bonds. The van der Waals surface area contributed by atoms with Crippen molar-refractivity contribution in [2.45, 2.75) is 19.3 Å². The van der Waals surface area contributed by atoms with E-state index in [0.29, 0.717) is 43.4 Å². The number of carbonyl (C=O) groups is 1. The van der Waals surface area contributed by atoms with Gasteiger partial charge in [-0.05, 0) is 36.8 Å². The van der Waals surface area contributed by atoms with Gasteiger partial charge >= 0.3 is 0 Å². The van der Waals surface area contributed by atoms with E-state index in [9.17, 15) is 4.79 Å². The number of hydrogen-bond acceptors (Lipinski definition) is 6. The van der Waals surface area contributed by atoms with Crippen LogP contribution in [0.25, 0.3) is 11.2 Å². The Morgan fingerprint density at radius 1 is 1.00 bits per heavy atom. The Balaban J connectivity index is 1.24. The minimum Gasteiger partial charge on any atom is -0.422 e. The molecule has 0 aliphatic carbocycles. The third kappa shape index (κ3) is 3.25. The first-order chi connectivity index (χ1) is 14.0. The summed E-state index contributed by atoms with van der Waals surface area (Å²) in [6, 6.07) is 12.4. The number of rotatable bonds is 3. The van der Waals surface area contributed by atoms with Crippen molar-refractivity contribution in [3.63, 3.8) is 0 Å². The molecule has 0 unspecified atom stereocenters. The lowest BCUT2D eigenvalue weighted by molar-refractivity contribution is -0.0500. The number of aromatic nitrogens is 2. The second-order valence-electron chi connectivity index (χ2n) is 8.18. The van der Waals surface area contributed by atoms with Crippen LogP contribution in [-0.2, 0) is 10.2 Å². The van der Waals surface area contributed by atoms with Gasteiger partial charge in [-0.1, -0.05) is 19.1 Å². The van der Waals surface area contributed by atoms with Gasteiger partial charge in [-0.3, -0.25) is 4.79 Å². The van der Waals surface area contributed by atoms with Crippen LogP contribution in [0.3, 0.4) is 0 Å². The Kier molecular flexibility index (Phi) is 4.28. The highest BCUT2D eigenvalue weighted by Gasteiger charge is 2.35. The van der Waals surface area contributed by atoms with E-state index in [1.807, 2.05) is 36.1 Å². The molecular weight excluding hydrogens is 368 g/mol. The molecule has 0 atom stereocenters. The molecule has 2 aromatic heterocycles. The van der Waals surface area contributed by atoms with Gasteiger partial charge in [0.25, 0.3) is 11.9 Å². The predicted molar refractivity (Wildman–Crippen MR) is 109 cm³/mol. The molecule has 0 radical (unpaired) electrons. The van der Waals surface area contributed by atoms with Gasteiger partial charge in [0.2, 0.25) is 5.65 Å². The maximum atomic E-state index is 12.9. The average molecular weight is 392 g/mol. The molecule has 2 fully saturated rings. The van der Waals surface area contributed by atoms with E-state index in [1.165, 1.54) is 5.56 Å². The molecule has 150 valence electrons. The van der Waals surface area contributed by atoms with E-state index in [2.05, 4.69) is 33.9 Å². The maximum absolute atomic E-state index is 12.9. The third-order valence-electron chi connectivity index (χ3n) is 5.89. The standard InChI is InChI=1S/C22H24N4O3/c1-15-3-8-18-19(23-15)24-21(29-18)26-11-9-25(10-12-26)20(27)16-4-6-17(7-5-16)22(2)13-28-14-22/h3-8H,9-14H2,1-2H3. The molecular formula is C22H24N4O3. The number of piperazine rings is 1. The first-order valence-corrected chi connectivity index (χ1v) is 9.99. The number of fused-ring (bicyclic) bond motifs is 1. The fourth-order valence-corrected chi connectivity index (χ4v) is 3.91. The van der Waals surface area contributed by atoms with Crippen LogP contribution in [-0.4, -0.2) is 60.2 Å². The summed E-state index contributed by atoms with van der Waals surface area (Å²) in [5, 5.41) is 0. The Bertz CT molecular complexity index is 1050. The van der Waals surface area contributed by atoms with E-state index in [4.69, 9.17) is 9.15 Å². The number of pyridine rings is 1. The van der Waals surface area contributed by atoms with E-state index in [1.54, 1.807) is 0 Å². The fourth-order valence-electron chi connectivity index (χ4n) is 3.91. The number of amides is 1. The van der Waals surface area contributed by atoms with Gasteiger partial charge in [0.1, 0.15) is 0 Å². The number of anilines is 1. The van der Waals surface area contributed by atoms with Crippen molar-refractivity contribution >= 4 is 23.2 Å². The molecule has 0 spiro atoms. The lowest BCUT2D eigenvalue weighted by atomic mass is 9.80. The molecule has 0 N–H and O–H groups in total. The smallest absolute Gasteiger partial charge is 0.300 e. The van der Waals surface area contributed by atoms with Crippen molar-refractivity contribution in [1.82, 2.24) is 14.9 Å². The number of benzene rings is 1. The van der Waals surface area contributed by atoms with Gasteiger partial charge in [-0.25, -0.2) is 4.98 Å². The molecule has 3 aromatic rings. The lowest BCUT2D eigenvalue weighted by Crippen LogP contribution is -2.49. The monoisotopic (exact) mass is 392 g/mol. The number of oxazole rings is 1. The molecule has 29 heavy (non-hydrogen) atoms. The number of hydrogen-bond donors (Lipinski definition) is 0. The van der Waals surface area contributed by atoms with E-state index < -0.39 is 0 Å². The van der Waals surface area contributed by atoms with Gasteiger partial charge < -0.3 is 19.0 Å². The summed E-state index contributed by atoms with van der Waals surface area (Å²) in [5.74, 6) is 0.0704. The highest BCUT2D eigenvalue weighted by atomic mass is 16.5. The Hall–Kier alpha value is -2.93. The van der Waals surface area contributed by atoms with E-state index in [-0.39, 0.29) is 11.3 Å². The Morgan fingerprint density at radius 2 is 1.72 bits per heavy atom. The first kappa shape index (κ1) is 18.1. The average Bonchev–Trinajstić information content (AvgIpc) is 3.15. The summed E-state index contributed by atoms with van der Waals surface area (Å²) < 4.78 is 11.2. The van der Waals surface area contributed by atoms with Crippen LogP contribution < -0.4 is 4.90 Å². The van der Waals surface area contributed by atoms with Crippen LogP contribution in [0.15, 0.2) is 40.8 Å². The highest BCUT2D eigenvalue weighted by Crippen LogP contribution is 2.31. The van der Waals surface area contributed by atoms with Crippen molar-refractivity contribution in [2.24, 2.45) is 0 Å². The molecule has 2 aliphatic heterocycles. The van der Waals surface area contributed by atoms with E-state index >= 15 is 0 Å². The first-order valence-electron chi connectivity index (χ1n) is 9.99. The second-order valence-corrected chi connectivity index (χ2v) is 8.18. The zero-order chi connectivity index (χ0) is 20.0. The molecule has 0 bridgehead atoms. The molecule has 2 aliphatic rings. The molecule has 1 aromatic carbocycles. The number of ether oxygens (including phenoxy) is 1. The molecule has 5 rings (SSSR count). The summed E-state index contributed by atoms with van der Waals surface area (Å²) in [5.41, 5.74) is 4.27. The van der Waals surface area contributed by atoms with Crippen LogP contribution in [0.1, 0.15) is 28.5 Å². The Morgan fingerprint density at radius 3 is 2.38 bits per heavy atom. The van der Waals surface area contributed by atoms with E-state index in [0.717, 1.165) is 24.5 Å². The minimum atomic E-state index is 0.0704. The summed E-state index contributed by atoms with van der Waals surface area (Å²) >= 11 is 0. The zero-order valence-electron chi connectivity index (χ0n) is 16.7. The summed E-state index contributed by atoms with van der Waals surface area (Å²) in [6.07, 6.45) is 0. The fraction of sp³-hybridized carbons (Fsp3) is 0.409. The SMILES string of the molecule is Cc1ccc2oc(N3CCN(C(=O)c4ccc(C5(C)COC5)cc4)CC3)nc2n1. The Labute approximate surface area is 169 Å². The highest BCUT2D eigenvalue weighted by molar-refractivity contribution is 5.94. The largest absolute Gasteiger partial charge is 0.422 e. The van der Waals surface area contributed by atoms with Crippen LogP contribution in [0.5, 0.6) is 0 Å². The molecule has 7 nitrogen and oxygen atoms in total. The summed E-state index contributed by atoms with van der Waals surface area (Å²) in [6.45, 7) is 8.26. The number of nitrogens with zero attached hydrogens (tertiary/aromatic N) is 4. The van der Waals surface area contributed by atoms with Crippen LogP contribution in [0, 0.1) is 6.92 Å². The normalized spacial score (nSPS) is 18.7. The van der Waals surface area contributed by atoms with Gasteiger partial charge in [0.05, 0.1) is 13.2 Å². The minimum absolute atomic E-state index is 0.0704. The van der Waals surface area contributed by atoms with Crippen LogP contribution in [0.2, 0.25) is 0 Å². The summed E-state index contributed by atoms with van der Waals surface area (Å²) in [4.78, 5) is 25.8. The lowest BCUT2D eigenvalue weighted by Gasteiger charge is -2.38.